The lowest BCUT2D eigenvalue weighted by molar-refractivity contribution is -0.137. The summed E-state index contributed by atoms with van der Waals surface area (Å²) >= 11 is 0. The van der Waals surface area contributed by atoms with Crippen LogP contribution in [0.5, 0.6) is 5.75 Å². The summed E-state index contributed by atoms with van der Waals surface area (Å²) in [6.45, 7) is 0.298. The van der Waals surface area contributed by atoms with Crippen LogP contribution in [0.3, 0.4) is 0 Å². The first kappa shape index (κ1) is 28.8. The van der Waals surface area contributed by atoms with Crippen molar-refractivity contribution in [3.63, 3.8) is 0 Å². The quantitative estimate of drug-likeness (QED) is 0.236. The van der Waals surface area contributed by atoms with Gasteiger partial charge in [-0.1, -0.05) is 12.1 Å². The Balaban J connectivity index is 1.50. The Morgan fingerprint density at radius 1 is 1.15 bits per heavy atom. The van der Waals surface area contributed by atoms with Crippen LogP contribution in [0.2, 0.25) is 0 Å². The minimum Gasteiger partial charge on any atom is -0.495 e. The Labute approximate surface area is 232 Å². The van der Waals surface area contributed by atoms with Gasteiger partial charge >= 0.3 is 13.8 Å². The van der Waals surface area contributed by atoms with Gasteiger partial charge in [0.25, 0.3) is 5.91 Å². The van der Waals surface area contributed by atoms with Gasteiger partial charge in [0, 0.05) is 19.8 Å². The number of aliphatic hydroxyl groups excluding tert-OH is 1. The van der Waals surface area contributed by atoms with Gasteiger partial charge in [-0.25, -0.2) is 4.98 Å². The smallest absolute Gasteiger partial charge is 0.421 e. The molecule has 0 bridgehead atoms. The van der Waals surface area contributed by atoms with Crippen molar-refractivity contribution >= 4 is 36.6 Å². The summed E-state index contributed by atoms with van der Waals surface area (Å²) in [6, 6.07) is 7.57. The van der Waals surface area contributed by atoms with Crippen LogP contribution in [0.1, 0.15) is 51.4 Å². The highest BCUT2D eigenvalue weighted by molar-refractivity contribution is 7.50. The molecule has 5 N–H and O–H groups in total. The Hall–Kier alpha value is -3.71. The van der Waals surface area contributed by atoms with Crippen molar-refractivity contribution in [2.75, 3.05) is 24.8 Å². The van der Waals surface area contributed by atoms with Crippen LogP contribution in [0, 0.1) is 0 Å². The van der Waals surface area contributed by atoms with E-state index in [9.17, 15) is 37.4 Å². The third-order valence-electron chi connectivity index (χ3n) is 7.11. The predicted molar refractivity (Wildman–Crippen MR) is 143 cm³/mol. The fourth-order valence-corrected chi connectivity index (χ4v) is 5.75. The molecule has 2 aromatic carbocycles. The lowest BCUT2D eigenvalue weighted by Gasteiger charge is -2.33. The number of carbonyl (C=O) groups is 1. The standard InChI is InChI=1S/C26H27F3N5O6P/c1-34-11-17-16(14-8-15(35)9-14)4-6-20(22(17)24(34)36)31-23-18(26(27,28)29)10-30-25(33-23)32-19-5-3-13(7-21(19)40-2)12-41(37,38)39/h3-7,10,14-15,35H,8-9,11-12H2,1-2H3,(H2,37,38,39)(H2,30,31,32,33)/t14-,15-. The molecule has 2 heterocycles. The Bertz CT molecular complexity index is 1560. The zero-order chi connectivity index (χ0) is 29.7. The lowest BCUT2D eigenvalue weighted by Crippen LogP contribution is -2.27. The number of rotatable bonds is 8. The van der Waals surface area contributed by atoms with Crippen LogP contribution < -0.4 is 15.4 Å². The molecule has 0 unspecified atom stereocenters. The molecule has 1 fully saturated rings. The van der Waals surface area contributed by atoms with Gasteiger partial charge in [-0.15, -0.1) is 0 Å². The summed E-state index contributed by atoms with van der Waals surface area (Å²) in [4.78, 5) is 40.9. The number of fused-ring (bicyclic) bond motifs is 1. The second-order valence-corrected chi connectivity index (χ2v) is 11.7. The number of carbonyl (C=O) groups excluding carboxylic acids is 1. The van der Waals surface area contributed by atoms with Gasteiger partial charge in [0.15, 0.2) is 0 Å². The maximum absolute atomic E-state index is 14.0. The summed E-state index contributed by atoms with van der Waals surface area (Å²) < 4.78 is 58.5. The van der Waals surface area contributed by atoms with E-state index < -0.39 is 37.4 Å². The first-order chi connectivity index (χ1) is 19.2. The van der Waals surface area contributed by atoms with Gasteiger partial charge in [-0.2, -0.15) is 18.2 Å². The molecule has 0 atom stereocenters. The van der Waals surface area contributed by atoms with E-state index in [4.69, 9.17) is 4.74 Å². The molecule has 0 spiro atoms. The van der Waals surface area contributed by atoms with Gasteiger partial charge in [0.2, 0.25) is 5.95 Å². The number of methoxy groups -OCH3 is 1. The second kappa shape index (κ2) is 10.6. The summed E-state index contributed by atoms with van der Waals surface area (Å²) in [5.74, 6) is -0.914. The van der Waals surface area contributed by atoms with E-state index in [0.29, 0.717) is 36.7 Å². The first-order valence-corrected chi connectivity index (χ1v) is 14.3. The Kier molecular flexibility index (Phi) is 7.45. The summed E-state index contributed by atoms with van der Waals surface area (Å²) in [5.41, 5.74) is 1.41. The molecule has 0 saturated heterocycles. The molecule has 1 saturated carbocycles. The average molecular weight is 593 g/mol. The molecule has 41 heavy (non-hydrogen) atoms. The van der Waals surface area contributed by atoms with Crippen LogP contribution in [0.4, 0.5) is 36.3 Å². The van der Waals surface area contributed by atoms with Crippen molar-refractivity contribution in [3.8, 4) is 5.75 Å². The first-order valence-electron chi connectivity index (χ1n) is 12.5. The number of nitrogens with zero attached hydrogens (tertiary/aromatic N) is 3. The number of anilines is 4. The number of halogens is 3. The number of alkyl halides is 3. The highest BCUT2D eigenvalue weighted by Gasteiger charge is 2.38. The van der Waals surface area contributed by atoms with Gasteiger partial charge < -0.3 is 35.2 Å². The number of aliphatic hydroxyl groups is 1. The van der Waals surface area contributed by atoms with Crippen molar-refractivity contribution in [2.45, 2.75) is 43.7 Å². The Morgan fingerprint density at radius 3 is 2.49 bits per heavy atom. The predicted octanol–water partition coefficient (Wildman–Crippen LogP) is 4.49. The van der Waals surface area contributed by atoms with Gasteiger partial charge in [0.1, 0.15) is 17.1 Å². The van der Waals surface area contributed by atoms with Crippen molar-refractivity contribution in [1.29, 1.82) is 0 Å². The SMILES string of the molecule is COc1cc(CP(=O)(O)O)ccc1Nc1ncc(C(F)(F)F)c(Nc2ccc([C@H]3C[C@H](O)C3)c3c2C(=O)N(C)C3)n1. The van der Waals surface area contributed by atoms with Crippen molar-refractivity contribution in [2.24, 2.45) is 0 Å². The molecule has 2 aliphatic rings. The number of ether oxygens (including phenoxy) is 1. The van der Waals surface area contributed by atoms with Gasteiger partial charge in [0.05, 0.1) is 36.3 Å². The molecule has 0 radical (unpaired) electrons. The normalized spacial score (nSPS) is 18.6. The van der Waals surface area contributed by atoms with E-state index in [-0.39, 0.29) is 40.5 Å². The van der Waals surface area contributed by atoms with Crippen molar-refractivity contribution in [3.05, 3.63) is 64.3 Å². The zero-order valence-corrected chi connectivity index (χ0v) is 22.8. The fourth-order valence-electron chi connectivity index (χ4n) is 5.07. The molecule has 218 valence electrons. The van der Waals surface area contributed by atoms with Crippen LogP contribution in [0.25, 0.3) is 0 Å². The second-order valence-electron chi connectivity index (χ2n) is 10.1. The topological polar surface area (TPSA) is 157 Å². The van der Waals surface area contributed by atoms with Crippen LogP contribution in [-0.4, -0.2) is 55.9 Å². The molecular formula is C26H27F3N5O6P. The fraction of sp³-hybridized carbons (Fsp3) is 0.346. The summed E-state index contributed by atoms with van der Waals surface area (Å²) in [5, 5.41) is 15.2. The van der Waals surface area contributed by atoms with Gasteiger partial charge in [-0.3, -0.25) is 9.36 Å². The molecule has 15 heteroatoms. The number of hydrogen-bond acceptors (Lipinski definition) is 8. The molecule has 1 aliphatic carbocycles. The van der Waals surface area contributed by atoms with Crippen LogP contribution in [0.15, 0.2) is 36.5 Å². The minimum absolute atomic E-state index is 0.0655. The van der Waals surface area contributed by atoms with Crippen molar-refractivity contribution < 1.29 is 42.2 Å². The third kappa shape index (κ3) is 6.01. The summed E-state index contributed by atoms with van der Waals surface area (Å²) in [7, 11) is -1.41. The number of amides is 1. The maximum atomic E-state index is 14.0. The molecule has 1 amide bonds. The summed E-state index contributed by atoms with van der Waals surface area (Å²) in [6.07, 6.45) is -4.02. The highest BCUT2D eigenvalue weighted by Crippen LogP contribution is 2.44. The largest absolute Gasteiger partial charge is 0.495 e. The minimum atomic E-state index is -4.81. The van der Waals surface area contributed by atoms with E-state index in [1.807, 2.05) is 0 Å². The van der Waals surface area contributed by atoms with E-state index in [1.165, 1.54) is 30.2 Å². The van der Waals surface area contributed by atoms with E-state index in [0.717, 1.165) is 5.56 Å². The number of hydrogen-bond donors (Lipinski definition) is 5. The van der Waals surface area contributed by atoms with Gasteiger partial charge in [-0.05, 0) is 53.6 Å². The third-order valence-corrected chi connectivity index (χ3v) is 7.88. The molecule has 1 aliphatic heterocycles. The number of aromatic nitrogens is 2. The monoisotopic (exact) mass is 593 g/mol. The molecular weight excluding hydrogens is 566 g/mol. The Morgan fingerprint density at radius 2 is 1.85 bits per heavy atom. The highest BCUT2D eigenvalue weighted by atomic mass is 31.2. The lowest BCUT2D eigenvalue weighted by atomic mass is 9.75. The molecule has 5 rings (SSSR count). The average Bonchev–Trinajstić information content (AvgIpc) is 3.16. The van der Waals surface area contributed by atoms with Crippen LogP contribution in [-0.2, 0) is 23.4 Å². The van der Waals surface area contributed by atoms with Crippen molar-refractivity contribution in [1.82, 2.24) is 14.9 Å². The molecule has 1 aromatic heterocycles. The maximum Gasteiger partial charge on any atom is 0.421 e. The van der Waals surface area contributed by atoms with E-state index in [1.54, 1.807) is 19.2 Å². The van der Waals surface area contributed by atoms with E-state index >= 15 is 0 Å². The zero-order valence-electron chi connectivity index (χ0n) is 21.9. The molecule has 3 aromatic rings. The van der Waals surface area contributed by atoms with E-state index in [2.05, 4.69) is 20.6 Å². The van der Waals surface area contributed by atoms with Crippen LogP contribution >= 0.6 is 7.60 Å². The number of benzene rings is 2. The number of nitrogens with one attached hydrogen (secondary N) is 2. The molecule has 11 nitrogen and oxygen atoms in total.